The number of benzene rings is 2. The molecular weight excluding hydrogens is 479 g/mol. The minimum absolute atomic E-state index is 0.0946. The largest absolute Gasteiger partial charge is 0.480 e. The lowest BCUT2D eigenvalue weighted by atomic mass is 10.2. The van der Waals surface area contributed by atoms with Gasteiger partial charge in [0.2, 0.25) is 0 Å². The highest BCUT2D eigenvalue weighted by Gasteiger charge is 2.17. The molecule has 5 nitrogen and oxygen atoms in total. The molecule has 0 aromatic heterocycles. The van der Waals surface area contributed by atoms with Gasteiger partial charge >= 0.3 is 11.9 Å². The number of ether oxygens (including phenoxy) is 3. The van der Waals surface area contributed by atoms with Crippen LogP contribution in [0.25, 0.3) is 0 Å². The summed E-state index contributed by atoms with van der Waals surface area (Å²) in [6.07, 6.45) is 0. The van der Waals surface area contributed by atoms with Gasteiger partial charge in [0.1, 0.15) is 17.1 Å². The van der Waals surface area contributed by atoms with Crippen molar-refractivity contribution in [1.29, 1.82) is 0 Å². The van der Waals surface area contributed by atoms with Gasteiger partial charge in [-0.05, 0) is 43.3 Å². The van der Waals surface area contributed by atoms with E-state index in [0.717, 1.165) is 4.47 Å². The van der Waals surface area contributed by atoms with Gasteiger partial charge in [0.15, 0.2) is 6.61 Å². The molecule has 0 aliphatic heterocycles. The standard InChI is InChI=1S/C17H13Br2ClO5/c1-2-23-17(22)12-7-10(18)3-5-14(12)25-16(21)9-24-15-6-4-11(19)8-13(15)20/h3-8H,2,9H2,1H3. The number of halogens is 3. The zero-order chi connectivity index (χ0) is 18.4. The summed E-state index contributed by atoms with van der Waals surface area (Å²) >= 11 is 12.6. The van der Waals surface area contributed by atoms with Gasteiger partial charge < -0.3 is 14.2 Å². The molecule has 25 heavy (non-hydrogen) atoms. The zero-order valence-electron chi connectivity index (χ0n) is 13.1. The van der Waals surface area contributed by atoms with E-state index in [1.165, 1.54) is 12.1 Å². The molecule has 0 saturated carbocycles. The molecule has 0 amide bonds. The van der Waals surface area contributed by atoms with Crippen molar-refractivity contribution in [3.8, 4) is 11.5 Å². The van der Waals surface area contributed by atoms with Crippen LogP contribution < -0.4 is 9.47 Å². The predicted octanol–water partition coefficient (Wildman–Crippen LogP) is 5.03. The lowest BCUT2D eigenvalue weighted by Gasteiger charge is -2.11. The summed E-state index contributed by atoms with van der Waals surface area (Å²) in [7, 11) is 0. The van der Waals surface area contributed by atoms with Crippen molar-refractivity contribution in [1.82, 2.24) is 0 Å². The average Bonchev–Trinajstić information content (AvgIpc) is 2.56. The molecule has 2 aromatic rings. The Hall–Kier alpha value is -1.57. The molecule has 0 fully saturated rings. The Bertz CT molecular complexity index is 795. The third-order valence-electron chi connectivity index (χ3n) is 2.90. The van der Waals surface area contributed by atoms with Crippen molar-refractivity contribution >= 4 is 55.4 Å². The quantitative estimate of drug-likeness (QED) is 0.418. The third-order valence-corrected chi connectivity index (χ3v) is 4.18. The van der Waals surface area contributed by atoms with E-state index >= 15 is 0 Å². The van der Waals surface area contributed by atoms with Crippen LogP contribution in [0.4, 0.5) is 0 Å². The van der Waals surface area contributed by atoms with Crippen molar-refractivity contribution in [2.75, 3.05) is 13.2 Å². The summed E-state index contributed by atoms with van der Waals surface area (Å²) in [6, 6.07) is 9.69. The molecule has 2 rings (SSSR count). The van der Waals surface area contributed by atoms with Crippen molar-refractivity contribution in [2.24, 2.45) is 0 Å². The first-order valence-electron chi connectivity index (χ1n) is 7.16. The minimum Gasteiger partial charge on any atom is -0.480 e. The van der Waals surface area contributed by atoms with E-state index in [9.17, 15) is 9.59 Å². The van der Waals surface area contributed by atoms with Crippen molar-refractivity contribution < 1.29 is 23.8 Å². The van der Waals surface area contributed by atoms with E-state index in [4.69, 9.17) is 25.8 Å². The fourth-order valence-electron chi connectivity index (χ4n) is 1.84. The van der Waals surface area contributed by atoms with Crippen LogP contribution >= 0.6 is 43.5 Å². The van der Waals surface area contributed by atoms with E-state index in [2.05, 4.69) is 31.9 Å². The minimum atomic E-state index is -0.674. The number of hydrogen-bond donors (Lipinski definition) is 0. The number of rotatable bonds is 6. The zero-order valence-corrected chi connectivity index (χ0v) is 17.0. The molecule has 0 unspecified atom stereocenters. The molecular formula is C17H13Br2ClO5. The number of carbonyl (C=O) groups excluding carboxylic acids is 2. The number of esters is 2. The van der Waals surface area contributed by atoms with E-state index < -0.39 is 11.9 Å². The topological polar surface area (TPSA) is 61.8 Å². The van der Waals surface area contributed by atoms with Gasteiger partial charge in [-0.25, -0.2) is 9.59 Å². The maximum absolute atomic E-state index is 12.0. The first-order valence-corrected chi connectivity index (χ1v) is 9.12. The Kier molecular flexibility index (Phi) is 7.28. The van der Waals surface area contributed by atoms with Gasteiger partial charge in [-0.2, -0.15) is 0 Å². The average molecular weight is 493 g/mol. The molecule has 132 valence electrons. The third kappa shape index (κ3) is 5.73. The van der Waals surface area contributed by atoms with Gasteiger partial charge in [0.25, 0.3) is 0 Å². The molecule has 0 heterocycles. The van der Waals surface area contributed by atoms with Crippen LogP contribution in [0.5, 0.6) is 11.5 Å². The molecule has 8 heteroatoms. The lowest BCUT2D eigenvalue weighted by molar-refractivity contribution is -0.136. The first-order chi connectivity index (χ1) is 11.9. The van der Waals surface area contributed by atoms with Gasteiger partial charge in [-0.3, -0.25) is 0 Å². The van der Waals surface area contributed by atoms with E-state index in [1.807, 2.05) is 0 Å². The lowest BCUT2D eigenvalue weighted by Crippen LogP contribution is -2.19. The summed E-state index contributed by atoms with van der Waals surface area (Å²) in [5, 5.41) is 0.359. The predicted molar refractivity (Wildman–Crippen MR) is 100 cm³/mol. The highest BCUT2D eigenvalue weighted by molar-refractivity contribution is 9.10. The molecule has 0 atom stereocenters. The Morgan fingerprint density at radius 2 is 1.68 bits per heavy atom. The van der Waals surface area contributed by atoms with E-state index in [0.29, 0.717) is 15.2 Å². The Morgan fingerprint density at radius 3 is 2.32 bits per heavy atom. The van der Waals surface area contributed by atoms with Crippen molar-refractivity contribution in [3.63, 3.8) is 0 Å². The Balaban J connectivity index is 2.06. The molecule has 0 spiro atoms. The molecule has 0 radical (unpaired) electrons. The molecule has 0 aliphatic carbocycles. The van der Waals surface area contributed by atoms with Crippen LogP contribution in [0.15, 0.2) is 45.3 Å². The van der Waals surface area contributed by atoms with Crippen LogP contribution in [0.1, 0.15) is 17.3 Å². The second-order valence-electron chi connectivity index (χ2n) is 4.70. The monoisotopic (exact) mass is 490 g/mol. The van der Waals surface area contributed by atoms with Crippen LogP contribution in [0.2, 0.25) is 5.02 Å². The fraction of sp³-hybridized carbons (Fsp3) is 0.176. The van der Waals surface area contributed by atoms with Gasteiger partial charge in [-0.15, -0.1) is 0 Å². The highest BCUT2D eigenvalue weighted by Crippen LogP contribution is 2.28. The summed E-state index contributed by atoms with van der Waals surface area (Å²) in [5.74, 6) is -0.810. The summed E-state index contributed by atoms with van der Waals surface area (Å²) < 4.78 is 17.0. The van der Waals surface area contributed by atoms with Crippen molar-refractivity contribution in [2.45, 2.75) is 6.92 Å². The summed E-state index contributed by atoms with van der Waals surface area (Å²) in [4.78, 5) is 24.0. The summed E-state index contributed by atoms with van der Waals surface area (Å²) in [6.45, 7) is 1.54. The maximum Gasteiger partial charge on any atom is 0.349 e. The first kappa shape index (κ1) is 19.8. The van der Waals surface area contributed by atoms with E-state index in [-0.39, 0.29) is 24.5 Å². The fourth-order valence-corrected chi connectivity index (χ4v) is 2.93. The smallest absolute Gasteiger partial charge is 0.349 e. The normalized spacial score (nSPS) is 10.2. The SMILES string of the molecule is CCOC(=O)c1cc(Br)ccc1OC(=O)COc1ccc(Br)cc1Cl. The van der Waals surface area contributed by atoms with Gasteiger partial charge in [0, 0.05) is 8.95 Å². The number of hydrogen-bond acceptors (Lipinski definition) is 5. The van der Waals surface area contributed by atoms with Gasteiger partial charge in [0.05, 0.1) is 11.6 Å². The van der Waals surface area contributed by atoms with Gasteiger partial charge in [-0.1, -0.05) is 43.5 Å². The van der Waals surface area contributed by atoms with Crippen LogP contribution in [-0.2, 0) is 9.53 Å². The second kappa shape index (κ2) is 9.22. The van der Waals surface area contributed by atoms with Crippen molar-refractivity contribution in [3.05, 3.63) is 55.9 Å². The Labute approximate surface area is 166 Å². The molecule has 0 saturated heterocycles. The molecule has 2 aromatic carbocycles. The van der Waals surface area contributed by atoms with E-state index in [1.54, 1.807) is 31.2 Å². The molecule has 0 aliphatic rings. The molecule has 0 N–H and O–H groups in total. The Morgan fingerprint density at radius 1 is 1.04 bits per heavy atom. The summed E-state index contributed by atoms with van der Waals surface area (Å²) in [5.41, 5.74) is 0.145. The van der Waals surface area contributed by atoms with Crippen LogP contribution in [0, 0.1) is 0 Å². The highest BCUT2D eigenvalue weighted by atomic mass is 79.9. The second-order valence-corrected chi connectivity index (χ2v) is 6.94. The maximum atomic E-state index is 12.0. The number of carbonyl (C=O) groups is 2. The van der Waals surface area contributed by atoms with Crippen LogP contribution in [-0.4, -0.2) is 25.2 Å². The molecule has 0 bridgehead atoms. The van der Waals surface area contributed by atoms with Crippen LogP contribution in [0.3, 0.4) is 0 Å².